The average Bonchev–Trinajstić information content (AvgIpc) is 3.21. The molecule has 1 aliphatic heterocycles. The molecule has 0 saturated heterocycles. The molecule has 0 amide bonds. The molecule has 1 fully saturated rings. The van der Waals surface area contributed by atoms with E-state index in [1.165, 1.54) is 18.2 Å². The van der Waals surface area contributed by atoms with Gasteiger partial charge >= 0.3 is 11.9 Å². The number of nitrogens with zero attached hydrogens (tertiary/aromatic N) is 2. The molecule has 5 rings (SSSR count). The molecule has 2 aromatic carbocycles. The van der Waals surface area contributed by atoms with Gasteiger partial charge in [0.05, 0.1) is 31.5 Å². The number of carbonyl (C=O) groups is 3. The van der Waals surface area contributed by atoms with Crippen molar-refractivity contribution < 1.29 is 28.6 Å². The highest BCUT2D eigenvalue weighted by Crippen LogP contribution is 2.47. The number of benzene rings is 2. The summed E-state index contributed by atoms with van der Waals surface area (Å²) in [4.78, 5) is 42.2. The van der Waals surface area contributed by atoms with Crippen LogP contribution in [0.4, 0.5) is 0 Å². The molecule has 238 valence electrons. The van der Waals surface area contributed by atoms with Crippen LogP contribution in [-0.4, -0.2) is 60.6 Å². The van der Waals surface area contributed by atoms with Crippen LogP contribution < -0.4 is 4.74 Å². The molecule has 2 aliphatic rings. The van der Waals surface area contributed by atoms with Crippen LogP contribution in [0, 0.1) is 0 Å². The van der Waals surface area contributed by atoms with Crippen LogP contribution in [0.25, 0.3) is 28.2 Å². The van der Waals surface area contributed by atoms with Crippen molar-refractivity contribution in [3.63, 3.8) is 0 Å². The van der Waals surface area contributed by atoms with Gasteiger partial charge in [-0.3, -0.25) is 4.79 Å². The maximum absolute atomic E-state index is 14.3. The molecule has 0 radical (unpaired) electrons. The fraction of sp³-hybridized carbons (Fsp3) is 0.432. The minimum absolute atomic E-state index is 0.0422. The second kappa shape index (κ2) is 13.0. The number of carbonyl (C=O) groups excluding carboxylic acids is 3. The summed E-state index contributed by atoms with van der Waals surface area (Å²) >= 11 is 0. The number of ketones is 1. The lowest BCUT2D eigenvalue weighted by molar-refractivity contribution is -0.139. The van der Waals surface area contributed by atoms with Crippen LogP contribution >= 0.6 is 0 Å². The highest BCUT2D eigenvalue weighted by Gasteiger charge is 2.32. The number of esters is 2. The van der Waals surface area contributed by atoms with E-state index in [9.17, 15) is 14.4 Å². The fourth-order valence-electron chi connectivity index (χ4n) is 6.49. The number of ether oxygens (including phenoxy) is 3. The van der Waals surface area contributed by atoms with E-state index in [1.807, 2.05) is 63.2 Å². The lowest BCUT2D eigenvalue weighted by atomic mass is 9.81. The maximum Gasteiger partial charge on any atom is 0.343 e. The molecular weight excluding hydrogens is 568 g/mol. The van der Waals surface area contributed by atoms with Crippen LogP contribution in [0.1, 0.15) is 87.2 Å². The van der Waals surface area contributed by atoms with Crippen LogP contribution in [0.3, 0.4) is 0 Å². The van der Waals surface area contributed by atoms with Gasteiger partial charge in [-0.05, 0) is 94.0 Å². The summed E-state index contributed by atoms with van der Waals surface area (Å²) in [5.41, 5.74) is 5.12. The van der Waals surface area contributed by atoms with Crippen molar-refractivity contribution in [3.05, 3.63) is 70.4 Å². The van der Waals surface area contributed by atoms with E-state index in [0.29, 0.717) is 22.8 Å². The van der Waals surface area contributed by atoms with Crippen LogP contribution in [0.5, 0.6) is 5.75 Å². The monoisotopic (exact) mass is 612 g/mol. The largest absolute Gasteiger partial charge is 0.497 e. The van der Waals surface area contributed by atoms with Gasteiger partial charge < -0.3 is 23.7 Å². The first-order valence-electron chi connectivity index (χ1n) is 15.8. The molecule has 0 unspecified atom stereocenters. The van der Waals surface area contributed by atoms with Crippen molar-refractivity contribution in [1.82, 2.24) is 9.47 Å². The number of methoxy groups -OCH3 is 1. The number of hydrogen-bond acceptors (Lipinski definition) is 7. The minimum Gasteiger partial charge on any atom is -0.497 e. The molecule has 0 atom stereocenters. The first-order valence-corrected chi connectivity index (χ1v) is 15.8. The molecule has 0 N–H and O–H groups in total. The Balaban J connectivity index is 1.78. The molecule has 3 aromatic rings. The van der Waals surface area contributed by atoms with E-state index in [1.54, 1.807) is 33.0 Å². The summed E-state index contributed by atoms with van der Waals surface area (Å²) in [6, 6.07) is 11.7. The quantitative estimate of drug-likeness (QED) is 0.114. The van der Waals surface area contributed by atoms with E-state index in [4.69, 9.17) is 14.2 Å². The summed E-state index contributed by atoms with van der Waals surface area (Å²) in [7, 11) is 5.15. The number of hydrogen-bond donors (Lipinski definition) is 0. The Kier molecular flexibility index (Phi) is 9.23. The molecule has 2 heterocycles. The Morgan fingerprint density at radius 1 is 1.02 bits per heavy atom. The fourth-order valence-corrected chi connectivity index (χ4v) is 6.49. The number of allylic oxidation sites excluding steroid dienone is 1. The molecule has 0 bridgehead atoms. The first-order chi connectivity index (χ1) is 21.4. The third kappa shape index (κ3) is 6.70. The van der Waals surface area contributed by atoms with Crippen molar-refractivity contribution in [3.8, 4) is 17.0 Å². The standard InChI is InChI=1S/C37H44N2O6/c1-8-44-36(42)30(22-38(5)6)34(40)26-18-25-19-27(43-7)15-17-28(25)33-32(23-12-10-9-11-13-23)29-16-14-24(20-31(29)39(33)21-26)35(41)45-37(2,3)4/h14-20,22-23H,8-13,21H2,1-7H3/b30-22-. The van der Waals surface area contributed by atoms with Gasteiger partial charge in [0, 0.05) is 42.3 Å². The zero-order valence-electron chi connectivity index (χ0n) is 27.5. The number of aromatic nitrogens is 1. The first kappa shape index (κ1) is 32.1. The Morgan fingerprint density at radius 2 is 1.76 bits per heavy atom. The molecule has 45 heavy (non-hydrogen) atoms. The van der Waals surface area contributed by atoms with Crippen molar-refractivity contribution >= 4 is 34.7 Å². The van der Waals surface area contributed by atoms with Gasteiger partial charge in [0.15, 0.2) is 5.78 Å². The Hall–Kier alpha value is -4.33. The summed E-state index contributed by atoms with van der Waals surface area (Å²) in [5.74, 6) is -0.473. The van der Waals surface area contributed by atoms with Crippen LogP contribution in [0.15, 0.2) is 53.7 Å². The van der Waals surface area contributed by atoms with Gasteiger partial charge in [-0.2, -0.15) is 0 Å². The zero-order chi connectivity index (χ0) is 32.5. The third-order valence-corrected chi connectivity index (χ3v) is 8.34. The molecule has 1 aliphatic carbocycles. The molecule has 1 saturated carbocycles. The van der Waals surface area contributed by atoms with E-state index >= 15 is 0 Å². The van der Waals surface area contributed by atoms with Crippen LogP contribution in [-0.2, 0) is 25.6 Å². The molecular formula is C37H44N2O6. The summed E-state index contributed by atoms with van der Waals surface area (Å²) in [6.45, 7) is 7.63. The van der Waals surface area contributed by atoms with Gasteiger partial charge in [-0.15, -0.1) is 0 Å². The van der Waals surface area contributed by atoms with Crippen molar-refractivity contribution in [2.75, 3.05) is 27.8 Å². The third-order valence-electron chi connectivity index (χ3n) is 8.34. The topological polar surface area (TPSA) is 87.1 Å². The Labute approximate surface area is 265 Å². The number of fused-ring (bicyclic) bond motifs is 5. The normalized spacial score (nSPS) is 15.4. The van der Waals surface area contributed by atoms with Crippen molar-refractivity contribution in [1.29, 1.82) is 0 Å². The van der Waals surface area contributed by atoms with Gasteiger partial charge in [0.25, 0.3) is 0 Å². The minimum atomic E-state index is -0.667. The van der Waals surface area contributed by atoms with E-state index < -0.39 is 23.3 Å². The predicted octanol–water partition coefficient (Wildman–Crippen LogP) is 7.29. The summed E-state index contributed by atoms with van der Waals surface area (Å²) in [5, 5.41) is 1.06. The van der Waals surface area contributed by atoms with Crippen LogP contribution in [0.2, 0.25) is 0 Å². The second-order valence-electron chi connectivity index (χ2n) is 13.1. The van der Waals surface area contributed by atoms with Gasteiger partial charge in [0.1, 0.15) is 16.9 Å². The highest BCUT2D eigenvalue weighted by molar-refractivity contribution is 6.25. The highest BCUT2D eigenvalue weighted by atomic mass is 16.6. The summed E-state index contributed by atoms with van der Waals surface area (Å²) < 4.78 is 18.8. The van der Waals surface area contributed by atoms with E-state index in [2.05, 4.69) is 4.57 Å². The maximum atomic E-state index is 14.3. The molecule has 0 spiro atoms. The molecule has 8 nitrogen and oxygen atoms in total. The molecule has 1 aromatic heterocycles. The number of rotatable bonds is 8. The zero-order valence-corrected chi connectivity index (χ0v) is 27.5. The lowest BCUT2D eigenvalue weighted by Gasteiger charge is -2.24. The van der Waals surface area contributed by atoms with Gasteiger partial charge in [-0.25, -0.2) is 9.59 Å². The van der Waals surface area contributed by atoms with Crippen molar-refractivity contribution in [2.24, 2.45) is 0 Å². The Morgan fingerprint density at radius 3 is 2.40 bits per heavy atom. The lowest BCUT2D eigenvalue weighted by Crippen LogP contribution is -2.24. The predicted molar refractivity (Wildman–Crippen MR) is 176 cm³/mol. The van der Waals surface area contributed by atoms with Gasteiger partial charge in [-0.1, -0.05) is 25.3 Å². The average molecular weight is 613 g/mol. The van der Waals surface area contributed by atoms with E-state index in [0.717, 1.165) is 53.4 Å². The molecule has 8 heteroatoms. The second-order valence-corrected chi connectivity index (χ2v) is 13.1. The number of Topliss-reactive ketones (excluding diaryl/α,β-unsaturated/α-hetero) is 1. The Bertz CT molecular complexity index is 1700. The smallest absolute Gasteiger partial charge is 0.343 e. The van der Waals surface area contributed by atoms with E-state index in [-0.39, 0.29) is 18.7 Å². The summed E-state index contributed by atoms with van der Waals surface area (Å²) in [6.07, 6.45) is 9.05. The SMILES string of the molecule is CCOC(=O)/C(=C\N(C)C)C(=O)C1=Cc2cc(OC)ccc2-c2c(C3CCCCC3)c3ccc(C(=O)OC(C)(C)C)cc3n2C1. The van der Waals surface area contributed by atoms with Crippen molar-refractivity contribution in [2.45, 2.75) is 77.9 Å². The van der Waals surface area contributed by atoms with Gasteiger partial charge in [0.2, 0.25) is 0 Å².